The molecule has 0 N–H and O–H groups in total. The maximum absolute atomic E-state index is 14.6. The summed E-state index contributed by atoms with van der Waals surface area (Å²) in [7, 11) is 3.06. The van der Waals surface area contributed by atoms with Gasteiger partial charge >= 0.3 is 5.69 Å². The number of aryl methyl sites for hydroxylation is 3. The van der Waals surface area contributed by atoms with Crippen LogP contribution in [0.25, 0.3) is 16.8 Å². The van der Waals surface area contributed by atoms with Crippen molar-refractivity contribution in [2.24, 2.45) is 7.05 Å². The minimum atomic E-state index is -0.500. The monoisotopic (exact) mass is 435 g/mol. The van der Waals surface area contributed by atoms with E-state index >= 15 is 0 Å². The maximum Gasteiger partial charge on any atom is 0.368 e. The fourth-order valence-electron chi connectivity index (χ4n) is 3.38. The first-order chi connectivity index (χ1) is 15.4. The normalized spacial score (nSPS) is 10.9. The van der Waals surface area contributed by atoms with Gasteiger partial charge in [-0.25, -0.2) is 14.2 Å². The Morgan fingerprint density at radius 1 is 1.06 bits per heavy atom. The van der Waals surface area contributed by atoms with E-state index in [9.17, 15) is 9.18 Å². The van der Waals surface area contributed by atoms with Gasteiger partial charge in [-0.3, -0.25) is 0 Å². The predicted octanol–water partition coefficient (Wildman–Crippen LogP) is 3.37. The standard InChI is InChI=1S/C23H22FN5O3/c1-14-6-5-7-20(29-23(30)28(3)26-27-29)18(14)13-32-21-12-16(9-11-19(21)24)17-10-8-15(2)25-22(17)31-4/h5-12H,13H2,1-4H3. The van der Waals surface area contributed by atoms with Gasteiger partial charge in [0.25, 0.3) is 0 Å². The number of rotatable bonds is 6. The molecule has 4 aromatic rings. The molecular formula is C23H22FN5O3. The van der Waals surface area contributed by atoms with E-state index in [1.165, 1.54) is 17.8 Å². The Labute approximate surface area is 183 Å². The molecule has 0 unspecified atom stereocenters. The van der Waals surface area contributed by atoms with Gasteiger partial charge in [0.15, 0.2) is 11.6 Å². The molecule has 0 atom stereocenters. The van der Waals surface area contributed by atoms with Crippen molar-refractivity contribution in [2.75, 3.05) is 7.11 Å². The van der Waals surface area contributed by atoms with Crippen LogP contribution < -0.4 is 15.2 Å². The van der Waals surface area contributed by atoms with E-state index < -0.39 is 5.82 Å². The Bertz CT molecular complexity index is 1350. The summed E-state index contributed by atoms with van der Waals surface area (Å²) < 4.78 is 28.2. The molecular weight excluding hydrogens is 413 g/mol. The average Bonchev–Trinajstić information content (AvgIpc) is 3.12. The molecule has 2 aromatic heterocycles. The predicted molar refractivity (Wildman–Crippen MR) is 117 cm³/mol. The highest BCUT2D eigenvalue weighted by Crippen LogP contribution is 2.32. The summed E-state index contributed by atoms with van der Waals surface area (Å²) in [4.78, 5) is 16.7. The lowest BCUT2D eigenvalue weighted by Gasteiger charge is -2.14. The van der Waals surface area contributed by atoms with Gasteiger partial charge in [0.1, 0.15) is 6.61 Å². The third kappa shape index (κ3) is 3.96. The summed E-state index contributed by atoms with van der Waals surface area (Å²) in [5.41, 5.74) is 3.98. The molecule has 0 radical (unpaired) electrons. The molecule has 0 aliphatic rings. The largest absolute Gasteiger partial charge is 0.486 e. The number of ether oxygens (including phenoxy) is 2. The molecule has 4 rings (SSSR count). The number of nitrogens with zero attached hydrogens (tertiary/aromatic N) is 5. The van der Waals surface area contributed by atoms with Crippen LogP contribution in [0, 0.1) is 19.7 Å². The Morgan fingerprint density at radius 2 is 1.88 bits per heavy atom. The minimum Gasteiger partial charge on any atom is -0.486 e. The van der Waals surface area contributed by atoms with E-state index in [1.807, 2.05) is 38.1 Å². The topological polar surface area (TPSA) is 84.1 Å². The first-order valence-electron chi connectivity index (χ1n) is 9.91. The van der Waals surface area contributed by atoms with E-state index in [4.69, 9.17) is 9.47 Å². The molecule has 32 heavy (non-hydrogen) atoms. The fraction of sp³-hybridized carbons (Fsp3) is 0.217. The van der Waals surface area contributed by atoms with Crippen LogP contribution in [0.3, 0.4) is 0 Å². The average molecular weight is 435 g/mol. The number of hydrogen-bond donors (Lipinski definition) is 0. The van der Waals surface area contributed by atoms with Gasteiger partial charge in [0.05, 0.1) is 12.8 Å². The minimum absolute atomic E-state index is 0.0364. The smallest absolute Gasteiger partial charge is 0.368 e. The summed E-state index contributed by atoms with van der Waals surface area (Å²) >= 11 is 0. The molecule has 0 spiro atoms. The quantitative estimate of drug-likeness (QED) is 0.462. The van der Waals surface area contributed by atoms with E-state index in [1.54, 1.807) is 25.3 Å². The zero-order valence-electron chi connectivity index (χ0n) is 18.2. The fourth-order valence-corrected chi connectivity index (χ4v) is 3.38. The van der Waals surface area contributed by atoms with Crippen molar-refractivity contribution in [3.05, 3.63) is 81.7 Å². The van der Waals surface area contributed by atoms with Crippen LogP contribution in [0.15, 0.2) is 53.3 Å². The molecule has 0 bridgehead atoms. The molecule has 164 valence electrons. The maximum atomic E-state index is 14.6. The highest BCUT2D eigenvalue weighted by Gasteiger charge is 2.16. The van der Waals surface area contributed by atoms with Gasteiger partial charge in [0.2, 0.25) is 5.88 Å². The van der Waals surface area contributed by atoms with Gasteiger partial charge in [-0.05, 0) is 65.7 Å². The van der Waals surface area contributed by atoms with Gasteiger partial charge in [-0.2, -0.15) is 9.36 Å². The van der Waals surface area contributed by atoms with Crippen LogP contribution in [0.4, 0.5) is 4.39 Å². The lowest BCUT2D eigenvalue weighted by Crippen LogP contribution is -2.23. The summed E-state index contributed by atoms with van der Waals surface area (Å²) in [5.74, 6) is 0.0243. The van der Waals surface area contributed by atoms with E-state index in [2.05, 4.69) is 15.4 Å². The third-order valence-electron chi connectivity index (χ3n) is 5.14. The number of aromatic nitrogens is 5. The highest BCUT2D eigenvalue weighted by atomic mass is 19.1. The van der Waals surface area contributed by atoms with Gasteiger partial charge in [-0.1, -0.05) is 18.2 Å². The van der Waals surface area contributed by atoms with Gasteiger partial charge < -0.3 is 9.47 Å². The second-order valence-corrected chi connectivity index (χ2v) is 7.31. The Balaban J connectivity index is 1.68. The first-order valence-corrected chi connectivity index (χ1v) is 9.91. The molecule has 0 saturated carbocycles. The van der Waals surface area contributed by atoms with Crippen molar-refractivity contribution in [1.82, 2.24) is 24.8 Å². The second-order valence-electron chi connectivity index (χ2n) is 7.31. The zero-order chi connectivity index (χ0) is 22.8. The van der Waals surface area contributed by atoms with Crippen LogP contribution in [-0.4, -0.2) is 31.9 Å². The molecule has 0 fully saturated rings. The van der Waals surface area contributed by atoms with Gasteiger partial charge in [-0.15, -0.1) is 0 Å². The molecule has 0 aliphatic heterocycles. The van der Waals surface area contributed by atoms with Crippen molar-refractivity contribution in [1.29, 1.82) is 0 Å². The van der Waals surface area contributed by atoms with Crippen molar-refractivity contribution in [3.8, 4) is 28.4 Å². The van der Waals surface area contributed by atoms with Crippen LogP contribution >= 0.6 is 0 Å². The highest BCUT2D eigenvalue weighted by molar-refractivity contribution is 5.70. The van der Waals surface area contributed by atoms with Crippen LogP contribution in [0.2, 0.25) is 0 Å². The Hall–Kier alpha value is -4.01. The summed E-state index contributed by atoms with van der Waals surface area (Å²) in [6.45, 7) is 3.79. The van der Waals surface area contributed by atoms with E-state index in [0.29, 0.717) is 22.7 Å². The van der Waals surface area contributed by atoms with Gasteiger partial charge in [0, 0.05) is 23.9 Å². The van der Waals surface area contributed by atoms with Crippen molar-refractivity contribution in [2.45, 2.75) is 20.5 Å². The van der Waals surface area contributed by atoms with Crippen LogP contribution in [0.5, 0.6) is 11.6 Å². The third-order valence-corrected chi connectivity index (χ3v) is 5.14. The number of pyridine rings is 1. The summed E-state index contributed by atoms with van der Waals surface area (Å²) in [6.07, 6.45) is 0. The number of hydrogen-bond acceptors (Lipinski definition) is 6. The SMILES string of the molecule is COc1nc(C)ccc1-c1ccc(F)c(OCc2c(C)cccc2-n2nnn(C)c2=O)c1. The Kier molecular flexibility index (Phi) is 5.72. The molecule has 2 aromatic carbocycles. The summed E-state index contributed by atoms with van der Waals surface area (Å²) in [6, 6.07) is 13.8. The molecule has 2 heterocycles. The van der Waals surface area contributed by atoms with Crippen molar-refractivity contribution < 1.29 is 13.9 Å². The Morgan fingerprint density at radius 3 is 2.59 bits per heavy atom. The summed E-state index contributed by atoms with van der Waals surface area (Å²) in [5, 5.41) is 7.67. The number of benzene rings is 2. The molecule has 0 amide bonds. The van der Waals surface area contributed by atoms with E-state index in [0.717, 1.165) is 21.5 Å². The van der Waals surface area contributed by atoms with Crippen LogP contribution in [-0.2, 0) is 13.7 Å². The number of halogens is 1. The van der Waals surface area contributed by atoms with Crippen molar-refractivity contribution in [3.63, 3.8) is 0 Å². The molecule has 0 aliphatic carbocycles. The second kappa shape index (κ2) is 8.62. The number of methoxy groups -OCH3 is 1. The molecule has 8 nitrogen and oxygen atoms in total. The van der Waals surface area contributed by atoms with E-state index in [-0.39, 0.29) is 18.0 Å². The first kappa shape index (κ1) is 21.2. The van der Waals surface area contributed by atoms with Crippen molar-refractivity contribution >= 4 is 0 Å². The number of tetrazole rings is 1. The molecule has 0 saturated heterocycles. The molecule has 9 heteroatoms. The lowest BCUT2D eigenvalue weighted by molar-refractivity contribution is 0.289. The van der Waals surface area contributed by atoms with Crippen LogP contribution in [0.1, 0.15) is 16.8 Å². The lowest BCUT2D eigenvalue weighted by atomic mass is 10.1. The zero-order valence-corrected chi connectivity index (χ0v) is 18.2.